The molecule has 1 unspecified atom stereocenters. The van der Waals surface area contributed by atoms with E-state index in [-0.39, 0.29) is 5.92 Å². The molecule has 0 saturated carbocycles. The quantitative estimate of drug-likeness (QED) is 0.556. The number of likely N-dealkylation sites (tertiary alicyclic amines) is 1. The summed E-state index contributed by atoms with van der Waals surface area (Å²) in [6, 6.07) is 10.3. The summed E-state index contributed by atoms with van der Waals surface area (Å²) in [5, 5.41) is 7.41. The third-order valence-electron chi connectivity index (χ3n) is 4.88. The number of hydrogen-bond donors (Lipinski definition) is 1. The van der Waals surface area contributed by atoms with E-state index in [4.69, 9.17) is 9.26 Å². The van der Waals surface area contributed by atoms with Crippen molar-refractivity contribution in [3.8, 4) is 0 Å². The van der Waals surface area contributed by atoms with Crippen LogP contribution in [-0.4, -0.2) is 54.3 Å². The van der Waals surface area contributed by atoms with Gasteiger partial charge in [-0.2, -0.15) is 4.98 Å². The largest absolute Gasteiger partial charge is 0.376 e. The Hall–Kier alpha value is -2.41. The molecule has 152 valence electrons. The number of nitrogens with zero attached hydrogens (tertiary/aromatic N) is 4. The zero-order valence-electron chi connectivity index (χ0n) is 17.1. The first-order valence-corrected chi connectivity index (χ1v) is 10.1. The Morgan fingerprint density at radius 1 is 1.36 bits per heavy atom. The number of hydrogen-bond acceptors (Lipinski definition) is 5. The van der Waals surface area contributed by atoms with E-state index in [0.29, 0.717) is 24.8 Å². The number of nitrogens with one attached hydrogen (secondary N) is 1. The van der Waals surface area contributed by atoms with E-state index in [0.717, 1.165) is 44.4 Å². The minimum absolute atomic E-state index is 0.281. The summed E-state index contributed by atoms with van der Waals surface area (Å²) in [4.78, 5) is 11.1. The van der Waals surface area contributed by atoms with E-state index >= 15 is 0 Å². The van der Waals surface area contributed by atoms with E-state index in [1.54, 1.807) is 0 Å². The Morgan fingerprint density at radius 2 is 2.18 bits per heavy atom. The molecule has 3 rings (SSSR count). The number of benzene rings is 1. The van der Waals surface area contributed by atoms with E-state index < -0.39 is 0 Å². The van der Waals surface area contributed by atoms with Crippen molar-refractivity contribution in [2.24, 2.45) is 10.9 Å². The molecule has 1 aromatic heterocycles. The van der Waals surface area contributed by atoms with Crippen LogP contribution in [0.25, 0.3) is 0 Å². The first-order valence-electron chi connectivity index (χ1n) is 10.1. The van der Waals surface area contributed by atoms with Gasteiger partial charge in [-0.25, -0.2) is 0 Å². The van der Waals surface area contributed by atoms with E-state index in [9.17, 15) is 0 Å². The average Bonchev–Trinajstić information content (AvgIpc) is 3.36. The van der Waals surface area contributed by atoms with Crippen molar-refractivity contribution in [1.82, 2.24) is 20.4 Å². The van der Waals surface area contributed by atoms with Gasteiger partial charge in [-0.1, -0.05) is 49.3 Å². The molecule has 28 heavy (non-hydrogen) atoms. The molecule has 1 aliphatic heterocycles. The summed E-state index contributed by atoms with van der Waals surface area (Å²) in [7, 11) is 1.82. The number of aromatic nitrogens is 2. The van der Waals surface area contributed by atoms with Crippen molar-refractivity contribution in [3.63, 3.8) is 0 Å². The predicted molar refractivity (Wildman–Crippen MR) is 109 cm³/mol. The van der Waals surface area contributed by atoms with Gasteiger partial charge >= 0.3 is 0 Å². The van der Waals surface area contributed by atoms with Crippen LogP contribution < -0.4 is 5.32 Å². The van der Waals surface area contributed by atoms with Crippen LogP contribution in [0.5, 0.6) is 0 Å². The maximum atomic E-state index is 5.91. The van der Waals surface area contributed by atoms with Crippen molar-refractivity contribution in [1.29, 1.82) is 0 Å². The SMILES string of the molecule is CN=C(NCCc1nc(C(C)C)no1)N1CCC(COCc2ccccc2)C1. The summed E-state index contributed by atoms with van der Waals surface area (Å²) < 4.78 is 11.2. The van der Waals surface area contributed by atoms with Crippen LogP contribution in [-0.2, 0) is 17.8 Å². The van der Waals surface area contributed by atoms with Gasteiger partial charge in [0.15, 0.2) is 11.8 Å². The highest BCUT2D eigenvalue weighted by Gasteiger charge is 2.25. The van der Waals surface area contributed by atoms with Crippen LogP contribution in [0.1, 0.15) is 43.5 Å². The molecule has 1 N–H and O–H groups in total. The minimum atomic E-state index is 0.281. The van der Waals surface area contributed by atoms with Gasteiger partial charge in [0.05, 0.1) is 13.2 Å². The second kappa shape index (κ2) is 10.2. The molecule has 0 bridgehead atoms. The standard InChI is InChI=1S/C21H31N5O2/c1-16(2)20-24-19(28-25-20)9-11-23-21(22-3)26-12-10-18(13-26)15-27-14-17-7-5-4-6-8-17/h4-8,16,18H,9-15H2,1-3H3,(H,22,23). The maximum absolute atomic E-state index is 5.91. The van der Waals surface area contributed by atoms with Crippen molar-refractivity contribution in [2.75, 3.05) is 33.3 Å². The van der Waals surface area contributed by atoms with Crippen LogP contribution in [0.4, 0.5) is 0 Å². The molecule has 2 aromatic rings. The molecule has 7 nitrogen and oxygen atoms in total. The molecule has 7 heteroatoms. The van der Waals surface area contributed by atoms with Gasteiger partial charge in [0.25, 0.3) is 0 Å². The zero-order chi connectivity index (χ0) is 19.8. The fraction of sp³-hybridized carbons (Fsp3) is 0.571. The fourth-order valence-corrected chi connectivity index (χ4v) is 3.30. The van der Waals surface area contributed by atoms with Gasteiger partial charge in [-0.05, 0) is 12.0 Å². The Bertz CT molecular complexity index is 744. The van der Waals surface area contributed by atoms with Gasteiger partial charge in [0, 0.05) is 44.9 Å². The summed E-state index contributed by atoms with van der Waals surface area (Å²) in [5.41, 5.74) is 1.22. The van der Waals surface area contributed by atoms with Gasteiger partial charge in [-0.15, -0.1) is 0 Å². The molecule has 2 heterocycles. The molecule has 0 amide bonds. The normalized spacial score (nSPS) is 17.5. The monoisotopic (exact) mass is 385 g/mol. The number of aliphatic imine (C=N–C) groups is 1. The lowest BCUT2D eigenvalue weighted by atomic mass is 10.1. The molecule has 1 atom stereocenters. The van der Waals surface area contributed by atoms with Crippen molar-refractivity contribution >= 4 is 5.96 Å². The average molecular weight is 386 g/mol. The number of rotatable bonds is 8. The van der Waals surface area contributed by atoms with Crippen molar-refractivity contribution < 1.29 is 9.26 Å². The molecule has 0 aliphatic carbocycles. The van der Waals surface area contributed by atoms with E-state index in [1.807, 2.05) is 25.2 Å². The third-order valence-corrected chi connectivity index (χ3v) is 4.88. The smallest absolute Gasteiger partial charge is 0.228 e. The molecule has 0 radical (unpaired) electrons. The number of ether oxygens (including phenoxy) is 1. The van der Waals surface area contributed by atoms with E-state index in [2.05, 4.69) is 51.3 Å². The Morgan fingerprint density at radius 3 is 2.89 bits per heavy atom. The molecule has 1 saturated heterocycles. The Labute approximate surface area is 167 Å². The summed E-state index contributed by atoms with van der Waals surface area (Å²) in [6.07, 6.45) is 1.81. The summed E-state index contributed by atoms with van der Waals surface area (Å²) in [6.45, 7) is 8.25. The summed E-state index contributed by atoms with van der Waals surface area (Å²) >= 11 is 0. The molecular formula is C21H31N5O2. The first kappa shape index (κ1) is 20.3. The lowest BCUT2D eigenvalue weighted by Gasteiger charge is -2.21. The maximum Gasteiger partial charge on any atom is 0.228 e. The third kappa shape index (κ3) is 5.79. The predicted octanol–water partition coefficient (Wildman–Crippen LogP) is 2.85. The Kier molecular flexibility index (Phi) is 7.42. The highest BCUT2D eigenvalue weighted by Crippen LogP contribution is 2.17. The molecule has 1 fully saturated rings. The van der Waals surface area contributed by atoms with Gasteiger partial charge in [-0.3, -0.25) is 4.99 Å². The van der Waals surface area contributed by atoms with Crippen LogP contribution in [0.2, 0.25) is 0 Å². The van der Waals surface area contributed by atoms with E-state index in [1.165, 1.54) is 5.56 Å². The second-order valence-corrected chi connectivity index (χ2v) is 7.53. The minimum Gasteiger partial charge on any atom is -0.376 e. The van der Waals surface area contributed by atoms with Gasteiger partial charge in [0.1, 0.15) is 0 Å². The van der Waals surface area contributed by atoms with Crippen LogP contribution >= 0.6 is 0 Å². The summed E-state index contributed by atoms with van der Waals surface area (Å²) in [5.74, 6) is 3.17. The fourth-order valence-electron chi connectivity index (χ4n) is 3.30. The van der Waals surface area contributed by atoms with Gasteiger partial charge < -0.3 is 19.5 Å². The Balaban J connectivity index is 1.37. The van der Waals surface area contributed by atoms with Crippen LogP contribution in [0.15, 0.2) is 39.8 Å². The zero-order valence-corrected chi connectivity index (χ0v) is 17.1. The van der Waals surface area contributed by atoms with Crippen molar-refractivity contribution in [2.45, 2.75) is 39.2 Å². The topological polar surface area (TPSA) is 75.8 Å². The van der Waals surface area contributed by atoms with Crippen molar-refractivity contribution in [3.05, 3.63) is 47.6 Å². The van der Waals surface area contributed by atoms with Crippen LogP contribution in [0.3, 0.4) is 0 Å². The highest BCUT2D eigenvalue weighted by molar-refractivity contribution is 5.80. The first-order chi connectivity index (χ1) is 13.7. The molecular weight excluding hydrogens is 354 g/mol. The second-order valence-electron chi connectivity index (χ2n) is 7.53. The molecule has 0 spiro atoms. The lowest BCUT2D eigenvalue weighted by molar-refractivity contribution is 0.0907. The molecule has 1 aromatic carbocycles. The van der Waals surface area contributed by atoms with Crippen LogP contribution in [0, 0.1) is 5.92 Å². The lowest BCUT2D eigenvalue weighted by Crippen LogP contribution is -2.41. The van der Waals surface area contributed by atoms with Gasteiger partial charge in [0.2, 0.25) is 5.89 Å². The molecule has 1 aliphatic rings. The number of guanidine groups is 1. The highest BCUT2D eigenvalue weighted by atomic mass is 16.5.